The van der Waals surface area contributed by atoms with E-state index in [4.69, 9.17) is 0 Å². The van der Waals surface area contributed by atoms with Crippen LogP contribution >= 0.6 is 0 Å². The van der Waals surface area contributed by atoms with E-state index in [-0.39, 0.29) is 0 Å². The van der Waals surface area contributed by atoms with Crippen molar-refractivity contribution in [1.29, 1.82) is 0 Å². The van der Waals surface area contributed by atoms with E-state index in [1.54, 1.807) is 0 Å². The fraction of sp³-hybridized carbons (Fsp3) is 0.250. The molecule has 0 aliphatic heterocycles. The molecule has 0 saturated heterocycles. The van der Waals surface area contributed by atoms with Crippen molar-refractivity contribution in [3.05, 3.63) is 47.4 Å². The summed E-state index contributed by atoms with van der Waals surface area (Å²) in [5.74, 6) is 0.621. The second kappa shape index (κ2) is 2.78. The van der Waals surface area contributed by atoms with Crippen LogP contribution in [0.3, 0.4) is 0 Å². The minimum atomic E-state index is 0.621. The maximum absolute atomic E-state index is 2.24. The Balaban J connectivity index is 2.56. The lowest BCUT2D eigenvalue weighted by Crippen LogP contribution is -1.92. The second-order valence-corrected chi connectivity index (χ2v) is 3.53. The predicted octanol–water partition coefficient (Wildman–Crippen LogP) is 3.39. The van der Waals surface area contributed by atoms with Gasteiger partial charge in [0.15, 0.2) is 0 Å². The van der Waals surface area contributed by atoms with Crippen molar-refractivity contribution >= 4 is 6.08 Å². The second-order valence-electron chi connectivity index (χ2n) is 3.53. The quantitative estimate of drug-likeness (QED) is 0.586. The highest BCUT2D eigenvalue weighted by Crippen LogP contribution is 2.28. The molecule has 0 unspecified atom stereocenters. The van der Waals surface area contributed by atoms with Gasteiger partial charge in [-0.15, -0.1) is 0 Å². The van der Waals surface area contributed by atoms with Crippen LogP contribution in [0.4, 0.5) is 0 Å². The van der Waals surface area contributed by atoms with Crippen LogP contribution in [-0.2, 0) is 0 Å². The zero-order valence-corrected chi connectivity index (χ0v) is 7.54. The van der Waals surface area contributed by atoms with Gasteiger partial charge in [-0.1, -0.05) is 44.2 Å². The van der Waals surface area contributed by atoms with E-state index >= 15 is 0 Å². The van der Waals surface area contributed by atoms with E-state index in [2.05, 4.69) is 50.6 Å². The van der Waals surface area contributed by atoms with Crippen LogP contribution in [0.5, 0.6) is 0 Å². The smallest absolute Gasteiger partial charge is 0.0131 e. The zero-order chi connectivity index (χ0) is 8.55. The van der Waals surface area contributed by atoms with Gasteiger partial charge in [-0.05, 0) is 22.6 Å². The van der Waals surface area contributed by atoms with E-state index in [1.165, 1.54) is 16.7 Å². The maximum atomic E-state index is 2.24. The Labute approximate surface area is 73.9 Å². The molecule has 0 heterocycles. The Hall–Kier alpha value is -1.04. The summed E-state index contributed by atoms with van der Waals surface area (Å²) in [6.07, 6.45) is 6.49. The lowest BCUT2D eigenvalue weighted by Gasteiger charge is -2.10. The molecule has 0 heteroatoms. The molecule has 0 saturated carbocycles. The van der Waals surface area contributed by atoms with E-state index in [0.717, 1.165) is 0 Å². The maximum Gasteiger partial charge on any atom is 0.0131 e. The first-order chi connectivity index (χ1) is 5.79. The normalized spacial score (nSPS) is 13.9. The fourth-order valence-electron chi connectivity index (χ4n) is 1.69. The summed E-state index contributed by atoms with van der Waals surface area (Å²) >= 11 is 0. The molecule has 0 nitrogen and oxygen atoms in total. The number of benzene rings is 1. The Bertz CT molecular complexity index is 319. The third-order valence-electron chi connectivity index (χ3n) is 2.33. The van der Waals surface area contributed by atoms with Crippen LogP contribution in [0.1, 0.15) is 36.5 Å². The Kier molecular flexibility index (Phi) is 1.76. The summed E-state index contributed by atoms with van der Waals surface area (Å²) in [5.41, 5.74) is 4.23. The molecule has 61 valence electrons. The van der Waals surface area contributed by atoms with Crippen molar-refractivity contribution in [3.8, 4) is 0 Å². The van der Waals surface area contributed by atoms with Crippen LogP contribution in [0, 0.1) is 6.42 Å². The Morgan fingerprint density at radius 2 is 2.00 bits per heavy atom. The van der Waals surface area contributed by atoms with Crippen molar-refractivity contribution in [2.75, 3.05) is 0 Å². The van der Waals surface area contributed by atoms with E-state index in [0.29, 0.717) is 5.92 Å². The Morgan fingerprint density at radius 1 is 1.17 bits per heavy atom. The topological polar surface area (TPSA) is 0 Å². The van der Waals surface area contributed by atoms with Crippen molar-refractivity contribution < 1.29 is 0 Å². The van der Waals surface area contributed by atoms with Gasteiger partial charge in [-0.25, -0.2) is 0 Å². The minimum Gasteiger partial charge on any atom is -0.0754 e. The third kappa shape index (κ3) is 1.08. The van der Waals surface area contributed by atoms with Crippen LogP contribution in [0.25, 0.3) is 6.08 Å². The summed E-state index contributed by atoms with van der Waals surface area (Å²) in [7, 11) is 0. The summed E-state index contributed by atoms with van der Waals surface area (Å²) < 4.78 is 0. The van der Waals surface area contributed by atoms with Crippen LogP contribution in [-0.4, -0.2) is 0 Å². The van der Waals surface area contributed by atoms with Crippen molar-refractivity contribution in [2.24, 2.45) is 0 Å². The van der Waals surface area contributed by atoms with Gasteiger partial charge in [0.05, 0.1) is 0 Å². The first-order valence-corrected chi connectivity index (χ1v) is 4.43. The molecule has 1 aromatic rings. The number of hydrogen-bond donors (Lipinski definition) is 0. The molecule has 0 spiro atoms. The van der Waals surface area contributed by atoms with E-state index in [1.807, 2.05) is 0 Å². The van der Waals surface area contributed by atoms with Crippen molar-refractivity contribution in [1.82, 2.24) is 0 Å². The molecule has 12 heavy (non-hydrogen) atoms. The monoisotopic (exact) mass is 157 g/mol. The first kappa shape index (κ1) is 7.60. The zero-order valence-electron chi connectivity index (χ0n) is 7.54. The summed E-state index contributed by atoms with van der Waals surface area (Å²) in [4.78, 5) is 0. The van der Waals surface area contributed by atoms with Gasteiger partial charge in [-0.2, -0.15) is 0 Å². The molecule has 1 aliphatic rings. The highest BCUT2D eigenvalue weighted by molar-refractivity contribution is 5.68. The van der Waals surface area contributed by atoms with E-state index < -0.39 is 0 Å². The summed E-state index contributed by atoms with van der Waals surface area (Å²) in [5, 5.41) is 0. The van der Waals surface area contributed by atoms with Gasteiger partial charge in [0.2, 0.25) is 0 Å². The summed E-state index contributed by atoms with van der Waals surface area (Å²) in [6, 6.07) is 6.52. The lowest BCUT2D eigenvalue weighted by atomic mass is 9.95. The molecule has 0 amide bonds. The van der Waals surface area contributed by atoms with Crippen LogP contribution < -0.4 is 0 Å². The third-order valence-corrected chi connectivity index (χ3v) is 2.33. The van der Waals surface area contributed by atoms with Crippen LogP contribution in [0.2, 0.25) is 0 Å². The molecule has 0 aromatic heterocycles. The Morgan fingerprint density at radius 3 is 2.75 bits per heavy atom. The molecule has 0 fully saturated rings. The molecule has 1 aliphatic carbocycles. The molecular weight excluding hydrogens is 144 g/mol. The molecular formula is C12H13. The molecule has 0 N–H and O–H groups in total. The number of hydrogen-bond acceptors (Lipinski definition) is 0. The highest BCUT2D eigenvalue weighted by atomic mass is 14.2. The first-order valence-electron chi connectivity index (χ1n) is 4.43. The number of fused-ring (bicyclic) bond motifs is 1. The van der Waals surface area contributed by atoms with Crippen molar-refractivity contribution in [2.45, 2.75) is 19.8 Å². The van der Waals surface area contributed by atoms with Gasteiger partial charge in [0.1, 0.15) is 0 Å². The molecule has 0 bridgehead atoms. The summed E-state index contributed by atoms with van der Waals surface area (Å²) in [6.45, 7) is 4.48. The van der Waals surface area contributed by atoms with Crippen LogP contribution in [0.15, 0.2) is 24.3 Å². The van der Waals surface area contributed by atoms with Gasteiger partial charge in [0.25, 0.3) is 0 Å². The average molecular weight is 157 g/mol. The molecule has 1 aromatic carbocycles. The van der Waals surface area contributed by atoms with Gasteiger partial charge >= 0.3 is 0 Å². The largest absolute Gasteiger partial charge is 0.0754 e. The van der Waals surface area contributed by atoms with E-state index in [9.17, 15) is 0 Å². The lowest BCUT2D eigenvalue weighted by molar-refractivity contribution is 0.863. The number of allylic oxidation sites excluding steroid dienone is 1. The average Bonchev–Trinajstić information content (AvgIpc) is 2.49. The molecule has 1 radical (unpaired) electrons. The molecule has 0 atom stereocenters. The SMILES string of the molecule is CC(C)c1cccc2c1C=C[CH]2. The van der Waals surface area contributed by atoms with Gasteiger partial charge < -0.3 is 0 Å². The minimum absolute atomic E-state index is 0.621. The highest BCUT2D eigenvalue weighted by Gasteiger charge is 2.10. The predicted molar refractivity (Wildman–Crippen MR) is 53.0 cm³/mol. The van der Waals surface area contributed by atoms with Gasteiger partial charge in [-0.3, -0.25) is 0 Å². The standard InChI is InChI=1S/C12H13/c1-9(2)11-7-3-5-10-6-4-8-12(10)11/h3-9H,1-2H3. The number of rotatable bonds is 1. The fourth-order valence-corrected chi connectivity index (χ4v) is 1.69. The molecule has 2 rings (SSSR count). The van der Waals surface area contributed by atoms with Crippen molar-refractivity contribution in [3.63, 3.8) is 0 Å². The van der Waals surface area contributed by atoms with Gasteiger partial charge in [0, 0.05) is 6.42 Å².